The van der Waals surface area contributed by atoms with Crippen LogP contribution in [-0.4, -0.2) is 34.5 Å². The van der Waals surface area contributed by atoms with Crippen LogP contribution in [0.2, 0.25) is 5.02 Å². The Kier molecular flexibility index (Phi) is 5.11. The van der Waals surface area contributed by atoms with Gasteiger partial charge in [-0.2, -0.15) is 0 Å². The second-order valence-electron chi connectivity index (χ2n) is 7.70. The molecule has 3 heterocycles. The van der Waals surface area contributed by atoms with Gasteiger partial charge in [0.25, 0.3) is 5.91 Å². The van der Waals surface area contributed by atoms with E-state index in [1.807, 2.05) is 24.3 Å². The summed E-state index contributed by atoms with van der Waals surface area (Å²) >= 11 is 6.05. The van der Waals surface area contributed by atoms with E-state index in [1.165, 1.54) is 17.7 Å². The van der Waals surface area contributed by atoms with Crippen molar-refractivity contribution in [3.05, 3.63) is 59.5 Å². The monoisotopic (exact) mass is 436 g/mol. The fourth-order valence-corrected chi connectivity index (χ4v) is 4.14. The number of hydrogen-bond donors (Lipinski definition) is 1. The first kappa shape index (κ1) is 19.6. The highest BCUT2D eigenvalue weighted by atomic mass is 35.5. The molecule has 0 fully saturated rings. The number of ether oxygens (including phenoxy) is 1. The van der Waals surface area contributed by atoms with E-state index in [0.29, 0.717) is 22.1 Å². The van der Waals surface area contributed by atoms with Crippen LogP contribution in [0.15, 0.2) is 48.7 Å². The molecule has 158 valence electrons. The number of benzene rings is 2. The van der Waals surface area contributed by atoms with Crippen molar-refractivity contribution in [3.63, 3.8) is 0 Å². The third-order valence-corrected chi connectivity index (χ3v) is 5.77. The molecule has 7 nitrogen and oxygen atoms in total. The Morgan fingerprint density at radius 3 is 2.81 bits per heavy atom. The largest absolute Gasteiger partial charge is 0.482 e. The molecule has 2 aliphatic heterocycles. The van der Waals surface area contributed by atoms with Gasteiger partial charge >= 0.3 is 0 Å². The van der Waals surface area contributed by atoms with Crippen molar-refractivity contribution in [2.45, 2.75) is 25.8 Å². The number of rotatable bonds is 4. The molecular formula is C23H21ClN4O3. The SMILES string of the molecule is O=C(CN1C(=O)COc2ccc(Cl)cc21)Nc1ccc(-c2cn3c(n2)CCCC3)cc1. The minimum Gasteiger partial charge on any atom is -0.482 e. The van der Waals surface area contributed by atoms with E-state index in [0.717, 1.165) is 30.0 Å². The van der Waals surface area contributed by atoms with Crippen LogP contribution in [0.3, 0.4) is 0 Å². The van der Waals surface area contributed by atoms with Crippen LogP contribution in [0.25, 0.3) is 11.3 Å². The van der Waals surface area contributed by atoms with Gasteiger partial charge in [-0.15, -0.1) is 0 Å². The molecule has 0 bridgehead atoms. The molecule has 0 spiro atoms. The Hall–Kier alpha value is -3.32. The predicted molar refractivity (Wildman–Crippen MR) is 119 cm³/mol. The lowest BCUT2D eigenvalue weighted by Crippen LogP contribution is -2.43. The van der Waals surface area contributed by atoms with Crippen LogP contribution >= 0.6 is 11.6 Å². The van der Waals surface area contributed by atoms with E-state index in [1.54, 1.807) is 18.2 Å². The number of halogens is 1. The van der Waals surface area contributed by atoms with Crippen molar-refractivity contribution in [3.8, 4) is 17.0 Å². The Labute approximate surface area is 184 Å². The number of carbonyl (C=O) groups excluding carboxylic acids is 2. The van der Waals surface area contributed by atoms with Crippen LogP contribution in [0, 0.1) is 0 Å². The lowest BCUT2D eigenvalue weighted by Gasteiger charge is -2.29. The average Bonchev–Trinajstić information content (AvgIpc) is 3.21. The normalized spacial score (nSPS) is 15.1. The van der Waals surface area contributed by atoms with Gasteiger partial charge in [0.1, 0.15) is 18.1 Å². The Bertz CT molecular complexity index is 1130. The molecule has 8 heteroatoms. The molecular weight excluding hydrogens is 416 g/mol. The predicted octanol–water partition coefficient (Wildman–Crippen LogP) is 3.90. The molecule has 2 aliphatic rings. The standard InChI is InChI=1S/C23H21ClN4O3/c24-16-6-9-20-19(11-16)28(23(30)14-31-20)13-22(29)25-17-7-4-15(5-8-17)18-12-27-10-2-1-3-21(27)26-18/h4-9,11-12H,1-3,10,13-14H2,(H,25,29). The molecule has 31 heavy (non-hydrogen) atoms. The van der Waals surface area contributed by atoms with E-state index in [2.05, 4.69) is 16.1 Å². The summed E-state index contributed by atoms with van der Waals surface area (Å²) < 4.78 is 7.64. The molecule has 0 saturated carbocycles. The van der Waals surface area contributed by atoms with Crippen LogP contribution in [0.5, 0.6) is 5.75 Å². The van der Waals surface area contributed by atoms with Gasteiger partial charge in [-0.25, -0.2) is 4.98 Å². The van der Waals surface area contributed by atoms with Crippen molar-refractivity contribution in [2.24, 2.45) is 0 Å². The maximum atomic E-state index is 12.6. The Morgan fingerprint density at radius 1 is 1.16 bits per heavy atom. The zero-order valence-corrected chi connectivity index (χ0v) is 17.6. The number of imidazole rings is 1. The third kappa shape index (κ3) is 4.01. The molecule has 1 N–H and O–H groups in total. The fraction of sp³-hybridized carbons (Fsp3) is 0.261. The molecule has 2 amide bonds. The summed E-state index contributed by atoms with van der Waals surface area (Å²) in [6.07, 6.45) is 5.48. The molecule has 2 aromatic carbocycles. The van der Waals surface area contributed by atoms with Gasteiger partial charge in [0.15, 0.2) is 6.61 Å². The minimum absolute atomic E-state index is 0.106. The second-order valence-corrected chi connectivity index (χ2v) is 8.14. The molecule has 1 aromatic heterocycles. The van der Waals surface area contributed by atoms with Gasteiger partial charge in [-0.1, -0.05) is 23.7 Å². The van der Waals surface area contributed by atoms with Crippen molar-refractivity contribution in [1.82, 2.24) is 9.55 Å². The second kappa shape index (κ2) is 8.07. The van der Waals surface area contributed by atoms with Crippen molar-refractivity contribution < 1.29 is 14.3 Å². The fourth-order valence-electron chi connectivity index (χ4n) is 3.97. The van der Waals surface area contributed by atoms with Crippen LogP contribution in [0.1, 0.15) is 18.7 Å². The topological polar surface area (TPSA) is 76.5 Å². The first-order chi connectivity index (χ1) is 15.1. The van der Waals surface area contributed by atoms with E-state index >= 15 is 0 Å². The van der Waals surface area contributed by atoms with Crippen molar-refractivity contribution in [2.75, 3.05) is 23.4 Å². The van der Waals surface area contributed by atoms with E-state index < -0.39 is 0 Å². The average molecular weight is 437 g/mol. The Balaban J connectivity index is 1.27. The number of nitrogens with one attached hydrogen (secondary N) is 1. The lowest BCUT2D eigenvalue weighted by atomic mass is 10.1. The Morgan fingerprint density at radius 2 is 2.00 bits per heavy atom. The van der Waals surface area contributed by atoms with Crippen LogP contribution in [0.4, 0.5) is 11.4 Å². The molecule has 0 atom stereocenters. The van der Waals surface area contributed by atoms with Gasteiger partial charge < -0.3 is 14.6 Å². The maximum Gasteiger partial charge on any atom is 0.265 e. The zero-order valence-electron chi connectivity index (χ0n) is 16.8. The molecule has 0 aliphatic carbocycles. The van der Waals surface area contributed by atoms with Crippen molar-refractivity contribution >= 4 is 34.8 Å². The van der Waals surface area contributed by atoms with E-state index in [4.69, 9.17) is 21.3 Å². The highest BCUT2D eigenvalue weighted by Crippen LogP contribution is 2.34. The number of carbonyl (C=O) groups is 2. The van der Waals surface area contributed by atoms with Gasteiger partial charge in [0, 0.05) is 35.4 Å². The molecule has 0 saturated heterocycles. The summed E-state index contributed by atoms with van der Waals surface area (Å²) in [6.45, 7) is 0.793. The molecule has 0 unspecified atom stereocenters. The minimum atomic E-state index is -0.300. The maximum absolute atomic E-state index is 12.6. The van der Waals surface area contributed by atoms with Gasteiger partial charge in [0.2, 0.25) is 5.91 Å². The lowest BCUT2D eigenvalue weighted by molar-refractivity contribution is -0.123. The molecule has 5 rings (SSSR count). The first-order valence-electron chi connectivity index (χ1n) is 10.3. The summed E-state index contributed by atoms with van der Waals surface area (Å²) in [5, 5.41) is 3.32. The number of hydrogen-bond acceptors (Lipinski definition) is 4. The summed E-state index contributed by atoms with van der Waals surface area (Å²) in [7, 11) is 0. The number of nitrogens with zero attached hydrogens (tertiary/aromatic N) is 3. The number of amides is 2. The highest BCUT2D eigenvalue weighted by molar-refractivity contribution is 6.31. The van der Waals surface area contributed by atoms with Crippen LogP contribution < -0.4 is 15.0 Å². The number of fused-ring (bicyclic) bond motifs is 2. The van der Waals surface area contributed by atoms with Crippen LogP contribution in [-0.2, 0) is 22.6 Å². The van der Waals surface area contributed by atoms with Gasteiger partial charge in [0.05, 0.1) is 11.4 Å². The summed E-state index contributed by atoms with van der Waals surface area (Å²) in [6, 6.07) is 12.6. The van der Waals surface area contributed by atoms with Gasteiger partial charge in [-0.05, 0) is 43.2 Å². The van der Waals surface area contributed by atoms with E-state index in [-0.39, 0.29) is 25.0 Å². The van der Waals surface area contributed by atoms with E-state index in [9.17, 15) is 9.59 Å². The molecule has 3 aromatic rings. The number of aryl methyl sites for hydroxylation is 2. The quantitative estimate of drug-likeness (QED) is 0.672. The number of aromatic nitrogens is 2. The van der Waals surface area contributed by atoms with Crippen molar-refractivity contribution in [1.29, 1.82) is 0 Å². The highest BCUT2D eigenvalue weighted by Gasteiger charge is 2.27. The summed E-state index contributed by atoms with van der Waals surface area (Å²) in [5.41, 5.74) is 3.11. The first-order valence-corrected chi connectivity index (χ1v) is 10.6. The third-order valence-electron chi connectivity index (χ3n) is 5.54. The molecule has 0 radical (unpaired) electrons. The summed E-state index contributed by atoms with van der Waals surface area (Å²) in [4.78, 5) is 31.1. The smallest absolute Gasteiger partial charge is 0.265 e. The van der Waals surface area contributed by atoms with Gasteiger partial charge in [-0.3, -0.25) is 14.5 Å². The zero-order chi connectivity index (χ0) is 21.4. The summed E-state index contributed by atoms with van der Waals surface area (Å²) in [5.74, 6) is 1.08. The number of anilines is 2.